The Morgan fingerprint density at radius 2 is 2.15 bits per heavy atom. The molecule has 1 aromatic carbocycles. The zero-order chi connectivity index (χ0) is 15.2. The van der Waals surface area contributed by atoms with E-state index in [1.54, 1.807) is 20.8 Å². The van der Waals surface area contributed by atoms with E-state index in [0.29, 0.717) is 13.0 Å². The van der Waals surface area contributed by atoms with Crippen molar-refractivity contribution >= 4 is 6.09 Å². The number of nitrogens with one attached hydrogen (secondary N) is 1. The standard InChI is InChI=1S/C15H18FNO3/c1-15(2,3)20-14(19)17-9-5-4-6-11-10-12(16)7-8-13(11)18/h7-8,10,18H,5,9H2,1-3H3,(H,17,19). The van der Waals surface area contributed by atoms with Crippen molar-refractivity contribution in [1.29, 1.82) is 0 Å². The number of ether oxygens (including phenoxy) is 1. The van der Waals surface area contributed by atoms with Gasteiger partial charge in [-0.3, -0.25) is 0 Å². The van der Waals surface area contributed by atoms with Gasteiger partial charge in [0.1, 0.15) is 17.2 Å². The van der Waals surface area contributed by atoms with E-state index in [-0.39, 0.29) is 11.3 Å². The van der Waals surface area contributed by atoms with E-state index in [4.69, 9.17) is 4.74 Å². The maximum absolute atomic E-state index is 12.9. The summed E-state index contributed by atoms with van der Waals surface area (Å²) in [6.07, 6.45) is -0.136. The number of rotatable bonds is 2. The van der Waals surface area contributed by atoms with Crippen molar-refractivity contribution in [2.45, 2.75) is 32.8 Å². The average Bonchev–Trinajstić information content (AvgIpc) is 2.30. The van der Waals surface area contributed by atoms with Gasteiger partial charge in [-0.05, 0) is 39.0 Å². The minimum atomic E-state index is -0.539. The van der Waals surface area contributed by atoms with Gasteiger partial charge in [0.05, 0.1) is 5.56 Å². The Morgan fingerprint density at radius 3 is 2.80 bits per heavy atom. The first-order valence-corrected chi connectivity index (χ1v) is 6.22. The molecule has 0 aliphatic rings. The van der Waals surface area contributed by atoms with Gasteiger partial charge in [-0.15, -0.1) is 0 Å². The lowest BCUT2D eigenvalue weighted by molar-refractivity contribution is 0.0529. The summed E-state index contributed by atoms with van der Waals surface area (Å²) < 4.78 is 18.0. The van der Waals surface area contributed by atoms with Crippen LogP contribution in [-0.4, -0.2) is 23.3 Å². The van der Waals surface area contributed by atoms with E-state index in [9.17, 15) is 14.3 Å². The van der Waals surface area contributed by atoms with Crippen LogP contribution in [0.5, 0.6) is 5.75 Å². The van der Waals surface area contributed by atoms with Crippen molar-refractivity contribution in [1.82, 2.24) is 5.32 Å². The number of alkyl carbamates (subject to hydrolysis) is 1. The van der Waals surface area contributed by atoms with Crippen LogP contribution in [0.3, 0.4) is 0 Å². The van der Waals surface area contributed by atoms with Crippen molar-refractivity contribution in [3.05, 3.63) is 29.6 Å². The number of hydrogen-bond donors (Lipinski definition) is 2. The van der Waals surface area contributed by atoms with Gasteiger partial charge in [0.25, 0.3) is 0 Å². The number of phenols is 1. The third-order valence-corrected chi connectivity index (χ3v) is 2.10. The Hall–Kier alpha value is -2.22. The first-order chi connectivity index (χ1) is 9.28. The molecule has 0 aromatic heterocycles. The summed E-state index contributed by atoms with van der Waals surface area (Å²) in [5.74, 6) is 4.85. The van der Waals surface area contributed by atoms with Crippen LogP contribution in [0.25, 0.3) is 0 Å². The first kappa shape index (κ1) is 15.8. The quantitative estimate of drug-likeness (QED) is 0.646. The highest BCUT2D eigenvalue weighted by Gasteiger charge is 2.15. The van der Waals surface area contributed by atoms with Crippen molar-refractivity contribution in [3.8, 4) is 17.6 Å². The minimum absolute atomic E-state index is 0.0704. The molecule has 1 aromatic rings. The number of halogens is 1. The molecule has 0 atom stereocenters. The molecule has 0 heterocycles. The number of hydrogen-bond acceptors (Lipinski definition) is 3. The Kier molecular flexibility index (Phi) is 5.39. The Balaban J connectivity index is 2.40. The van der Waals surface area contributed by atoms with E-state index in [0.717, 1.165) is 12.1 Å². The lowest BCUT2D eigenvalue weighted by atomic mass is 10.2. The number of carbonyl (C=O) groups excluding carboxylic acids is 1. The van der Waals surface area contributed by atoms with Gasteiger partial charge < -0.3 is 15.2 Å². The molecule has 5 heteroatoms. The normalized spacial score (nSPS) is 10.4. The van der Waals surface area contributed by atoms with Gasteiger partial charge in [0.15, 0.2) is 0 Å². The molecule has 4 nitrogen and oxygen atoms in total. The van der Waals surface area contributed by atoms with Crippen LogP contribution in [0.2, 0.25) is 0 Å². The van der Waals surface area contributed by atoms with Crippen LogP contribution >= 0.6 is 0 Å². The lowest BCUT2D eigenvalue weighted by Crippen LogP contribution is -2.32. The summed E-state index contributed by atoms with van der Waals surface area (Å²) in [4.78, 5) is 11.3. The maximum atomic E-state index is 12.9. The SMILES string of the molecule is CC(C)(C)OC(=O)NCCC#Cc1cc(F)ccc1O. The van der Waals surface area contributed by atoms with Crippen molar-refractivity contribution in [3.63, 3.8) is 0 Å². The third kappa shape index (κ3) is 6.10. The van der Waals surface area contributed by atoms with Crippen LogP contribution in [0, 0.1) is 17.7 Å². The first-order valence-electron chi connectivity index (χ1n) is 6.22. The number of carbonyl (C=O) groups is 1. The molecule has 1 rings (SSSR count). The van der Waals surface area contributed by atoms with Crippen LogP contribution in [0.15, 0.2) is 18.2 Å². The maximum Gasteiger partial charge on any atom is 0.407 e. The van der Waals surface area contributed by atoms with Crippen LogP contribution in [-0.2, 0) is 4.74 Å². The Bertz CT molecular complexity index is 538. The molecule has 0 radical (unpaired) electrons. The highest BCUT2D eigenvalue weighted by atomic mass is 19.1. The summed E-state index contributed by atoms with van der Waals surface area (Å²) in [6.45, 7) is 5.65. The molecular weight excluding hydrogens is 261 g/mol. The fourth-order valence-electron chi connectivity index (χ4n) is 1.31. The van der Waals surface area contributed by atoms with E-state index in [1.807, 2.05) is 0 Å². The molecule has 0 spiro atoms. The Morgan fingerprint density at radius 1 is 1.45 bits per heavy atom. The van der Waals surface area contributed by atoms with Gasteiger partial charge in [0.2, 0.25) is 0 Å². The number of amides is 1. The highest BCUT2D eigenvalue weighted by molar-refractivity contribution is 5.67. The van der Waals surface area contributed by atoms with Gasteiger partial charge in [-0.1, -0.05) is 11.8 Å². The number of aromatic hydroxyl groups is 1. The van der Waals surface area contributed by atoms with Gasteiger partial charge in [0, 0.05) is 13.0 Å². The molecule has 0 saturated heterocycles. The molecule has 0 bridgehead atoms. The topological polar surface area (TPSA) is 58.6 Å². The predicted octanol–water partition coefficient (Wildman–Crippen LogP) is 2.80. The smallest absolute Gasteiger partial charge is 0.407 e. The highest BCUT2D eigenvalue weighted by Crippen LogP contribution is 2.16. The summed E-state index contributed by atoms with van der Waals surface area (Å²) >= 11 is 0. The second-order valence-electron chi connectivity index (χ2n) is 5.14. The molecule has 0 saturated carbocycles. The predicted molar refractivity (Wildman–Crippen MR) is 73.8 cm³/mol. The summed E-state index contributed by atoms with van der Waals surface area (Å²) in [6, 6.07) is 3.56. The minimum Gasteiger partial charge on any atom is -0.507 e. The molecule has 20 heavy (non-hydrogen) atoms. The summed E-state index contributed by atoms with van der Waals surface area (Å²) in [7, 11) is 0. The Labute approximate surface area is 117 Å². The number of benzene rings is 1. The molecular formula is C15H18FNO3. The largest absolute Gasteiger partial charge is 0.507 e. The fraction of sp³-hybridized carbons (Fsp3) is 0.400. The molecule has 108 valence electrons. The van der Waals surface area contributed by atoms with E-state index >= 15 is 0 Å². The monoisotopic (exact) mass is 279 g/mol. The molecule has 0 fully saturated rings. The van der Waals surface area contributed by atoms with E-state index in [1.165, 1.54) is 6.07 Å². The van der Waals surface area contributed by atoms with Gasteiger partial charge in [-0.25, -0.2) is 9.18 Å². The number of phenolic OH excluding ortho intramolecular Hbond substituents is 1. The van der Waals surface area contributed by atoms with Crippen molar-refractivity contribution < 1.29 is 19.0 Å². The average molecular weight is 279 g/mol. The summed E-state index contributed by atoms with van der Waals surface area (Å²) in [5, 5.41) is 12.0. The zero-order valence-electron chi connectivity index (χ0n) is 11.8. The van der Waals surface area contributed by atoms with Crippen molar-refractivity contribution in [2.75, 3.05) is 6.54 Å². The van der Waals surface area contributed by atoms with Crippen LogP contribution in [0.1, 0.15) is 32.8 Å². The molecule has 1 amide bonds. The van der Waals surface area contributed by atoms with Gasteiger partial charge in [-0.2, -0.15) is 0 Å². The zero-order valence-corrected chi connectivity index (χ0v) is 11.8. The fourth-order valence-corrected chi connectivity index (χ4v) is 1.31. The van der Waals surface area contributed by atoms with Crippen LogP contribution < -0.4 is 5.32 Å². The summed E-state index contributed by atoms with van der Waals surface area (Å²) in [5.41, 5.74) is -0.314. The van der Waals surface area contributed by atoms with E-state index < -0.39 is 17.5 Å². The second kappa shape index (κ2) is 6.80. The second-order valence-corrected chi connectivity index (χ2v) is 5.14. The van der Waals surface area contributed by atoms with Gasteiger partial charge >= 0.3 is 6.09 Å². The van der Waals surface area contributed by atoms with Crippen LogP contribution in [0.4, 0.5) is 9.18 Å². The molecule has 0 aliphatic heterocycles. The molecule has 0 unspecified atom stereocenters. The van der Waals surface area contributed by atoms with Crippen molar-refractivity contribution in [2.24, 2.45) is 0 Å². The third-order valence-electron chi connectivity index (χ3n) is 2.10. The lowest BCUT2D eigenvalue weighted by Gasteiger charge is -2.19. The van der Waals surface area contributed by atoms with E-state index in [2.05, 4.69) is 17.2 Å². The molecule has 0 aliphatic carbocycles. The molecule has 2 N–H and O–H groups in total.